The second kappa shape index (κ2) is 7.58. The van der Waals surface area contributed by atoms with Gasteiger partial charge in [-0.1, -0.05) is 26.0 Å². The van der Waals surface area contributed by atoms with Gasteiger partial charge in [-0.25, -0.2) is 9.67 Å². The van der Waals surface area contributed by atoms with Crippen LogP contribution >= 0.6 is 0 Å². The smallest absolute Gasteiger partial charge is 0.267 e. The first kappa shape index (κ1) is 18.4. The fourth-order valence-corrected chi connectivity index (χ4v) is 3.74. The molecule has 7 nitrogen and oxygen atoms in total. The summed E-state index contributed by atoms with van der Waals surface area (Å²) in [7, 11) is 0. The van der Waals surface area contributed by atoms with Crippen molar-refractivity contribution < 1.29 is 4.79 Å². The molecule has 28 heavy (non-hydrogen) atoms. The summed E-state index contributed by atoms with van der Waals surface area (Å²) >= 11 is 0. The van der Waals surface area contributed by atoms with Crippen LogP contribution in [0.4, 0.5) is 0 Å². The van der Waals surface area contributed by atoms with Crippen LogP contribution < -0.4 is 10.9 Å². The molecule has 2 N–H and O–H groups in total. The number of fused-ring (bicyclic) bond motifs is 2. The molecule has 0 saturated heterocycles. The molecule has 1 atom stereocenters. The maximum Gasteiger partial charge on any atom is 0.267 e. The van der Waals surface area contributed by atoms with Gasteiger partial charge in [0, 0.05) is 6.07 Å². The van der Waals surface area contributed by atoms with Crippen LogP contribution in [0.3, 0.4) is 0 Å². The minimum absolute atomic E-state index is 0.0877. The summed E-state index contributed by atoms with van der Waals surface area (Å²) < 4.78 is 1.27. The van der Waals surface area contributed by atoms with E-state index in [4.69, 9.17) is 0 Å². The lowest BCUT2D eigenvalue weighted by molar-refractivity contribution is -0.123. The molecule has 1 amide bonds. The molecule has 0 fully saturated rings. The third-order valence-electron chi connectivity index (χ3n) is 5.25. The van der Waals surface area contributed by atoms with Crippen molar-refractivity contribution in [3.05, 3.63) is 57.8 Å². The van der Waals surface area contributed by atoms with Crippen LogP contribution in [-0.4, -0.2) is 25.7 Å². The summed E-state index contributed by atoms with van der Waals surface area (Å²) in [6.45, 7) is 3.97. The summed E-state index contributed by atoms with van der Waals surface area (Å²) in [5.74, 6) is 0.609. The summed E-state index contributed by atoms with van der Waals surface area (Å²) in [4.78, 5) is 32.9. The summed E-state index contributed by atoms with van der Waals surface area (Å²) in [6, 6.07) is 9.14. The van der Waals surface area contributed by atoms with Crippen LogP contribution in [-0.2, 0) is 24.2 Å². The first-order chi connectivity index (χ1) is 13.5. The highest BCUT2D eigenvalue weighted by atomic mass is 16.2. The van der Waals surface area contributed by atoms with Crippen molar-refractivity contribution in [3.63, 3.8) is 0 Å². The van der Waals surface area contributed by atoms with E-state index in [0.717, 1.165) is 53.8 Å². The lowest BCUT2D eigenvalue weighted by Crippen LogP contribution is -2.38. The lowest BCUT2D eigenvalue weighted by Gasteiger charge is -2.21. The number of carbonyl (C=O) groups is 1. The van der Waals surface area contributed by atoms with E-state index in [-0.39, 0.29) is 30.0 Å². The zero-order chi connectivity index (χ0) is 19.7. The van der Waals surface area contributed by atoms with Crippen molar-refractivity contribution in [2.45, 2.75) is 52.1 Å². The number of para-hydroxylation sites is 2. The topological polar surface area (TPSA) is 92.7 Å². The molecule has 1 aliphatic carbocycles. The van der Waals surface area contributed by atoms with Gasteiger partial charge in [-0.2, -0.15) is 5.10 Å². The second-order valence-electron chi connectivity index (χ2n) is 7.75. The molecule has 0 radical (unpaired) electrons. The molecular weight excluding hydrogens is 354 g/mol. The Kier molecular flexibility index (Phi) is 4.98. The van der Waals surface area contributed by atoms with E-state index in [0.29, 0.717) is 0 Å². The van der Waals surface area contributed by atoms with E-state index in [1.807, 2.05) is 38.1 Å². The van der Waals surface area contributed by atoms with E-state index < -0.39 is 0 Å². The zero-order valence-electron chi connectivity index (χ0n) is 16.2. The third-order valence-corrected chi connectivity index (χ3v) is 5.25. The first-order valence-corrected chi connectivity index (χ1v) is 9.85. The SMILES string of the molecule is CC(C)C(NC(=O)Cn1nc2c(cc1=O)CCCC2)c1nc2ccccc2[nH]1. The van der Waals surface area contributed by atoms with Crippen LogP contribution in [0, 0.1) is 5.92 Å². The standard InChI is InChI=1S/C21H25N5O2/c1-13(2)20(21-22-16-9-5-6-10-17(16)23-21)24-18(27)12-26-19(28)11-14-7-3-4-8-15(14)25-26/h5-6,9-11,13,20H,3-4,7-8,12H2,1-2H3,(H,22,23)(H,24,27). The monoisotopic (exact) mass is 379 g/mol. The van der Waals surface area contributed by atoms with Gasteiger partial charge in [0.1, 0.15) is 12.4 Å². The van der Waals surface area contributed by atoms with Gasteiger partial charge in [0.25, 0.3) is 5.56 Å². The molecule has 4 rings (SSSR count). The van der Waals surface area contributed by atoms with Crippen LogP contribution in [0.1, 0.15) is 49.8 Å². The molecule has 0 bridgehead atoms. The van der Waals surface area contributed by atoms with Crippen molar-refractivity contribution in [2.75, 3.05) is 0 Å². The molecule has 1 aromatic carbocycles. The summed E-state index contributed by atoms with van der Waals surface area (Å²) in [6.07, 6.45) is 3.93. The van der Waals surface area contributed by atoms with E-state index in [1.165, 1.54) is 4.68 Å². The number of rotatable bonds is 5. The van der Waals surface area contributed by atoms with Gasteiger partial charge in [0.05, 0.1) is 22.8 Å². The predicted octanol–water partition coefficient (Wildman–Crippen LogP) is 2.51. The minimum Gasteiger partial charge on any atom is -0.344 e. The van der Waals surface area contributed by atoms with Gasteiger partial charge < -0.3 is 10.3 Å². The van der Waals surface area contributed by atoms with Gasteiger partial charge >= 0.3 is 0 Å². The Hall–Kier alpha value is -2.96. The van der Waals surface area contributed by atoms with Gasteiger partial charge in [-0.3, -0.25) is 9.59 Å². The average molecular weight is 379 g/mol. The van der Waals surface area contributed by atoms with Crippen molar-refractivity contribution in [1.82, 2.24) is 25.1 Å². The Labute approximate surface area is 163 Å². The Bertz CT molecular complexity index is 1030. The molecule has 2 aromatic heterocycles. The maximum absolute atomic E-state index is 12.7. The molecule has 0 aliphatic heterocycles. The molecule has 0 spiro atoms. The number of carbonyl (C=O) groups excluding carboxylic acids is 1. The van der Waals surface area contributed by atoms with Crippen molar-refractivity contribution >= 4 is 16.9 Å². The van der Waals surface area contributed by atoms with Crippen LogP contribution in [0.5, 0.6) is 0 Å². The summed E-state index contributed by atoms with van der Waals surface area (Å²) in [5, 5.41) is 7.45. The van der Waals surface area contributed by atoms with Crippen molar-refractivity contribution in [2.24, 2.45) is 5.92 Å². The number of nitrogens with zero attached hydrogens (tertiary/aromatic N) is 3. The van der Waals surface area contributed by atoms with Gasteiger partial charge in [-0.05, 0) is 49.3 Å². The number of H-pyrrole nitrogens is 1. The predicted molar refractivity (Wildman–Crippen MR) is 107 cm³/mol. The van der Waals surface area contributed by atoms with Crippen molar-refractivity contribution in [1.29, 1.82) is 0 Å². The van der Waals surface area contributed by atoms with Crippen molar-refractivity contribution in [3.8, 4) is 0 Å². The highest BCUT2D eigenvalue weighted by Gasteiger charge is 2.23. The number of nitrogens with one attached hydrogen (secondary N) is 2. The highest BCUT2D eigenvalue weighted by Crippen LogP contribution is 2.22. The average Bonchev–Trinajstić information content (AvgIpc) is 3.10. The maximum atomic E-state index is 12.7. The number of amides is 1. The number of aromatic nitrogens is 4. The largest absolute Gasteiger partial charge is 0.344 e. The molecule has 1 aliphatic rings. The van der Waals surface area contributed by atoms with E-state index in [2.05, 4.69) is 20.4 Å². The van der Waals surface area contributed by atoms with Crippen LogP contribution in [0.2, 0.25) is 0 Å². The number of imidazole rings is 1. The Morgan fingerprint density at radius 1 is 1.25 bits per heavy atom. The van der Waals surface area contributed by atoms with E-state index >= 15 is 0 Å². The molecule has 0 saturated carbocycles. The number of aromatic amines is 1. The fraction of sp³-hybridized carbons (Fsp3) is 0.429. The quantitative estimate of drug-likeness (QED) is 0.712. The molecule has 146 valence electrons. The first-order valence-electron chi connectivity index (χ1n) is 9.85. The highest BCUT2D eigenvalue weighted by molar-refractivity contribution is 5.77. The molecule has 2 heterocycles. The van der Waals surface area contributed by atoms with Crippen LogP contribution in [0.15, 0.2) is 35.1 Å². The van der Waals surface area contributed by atoms with Gasteiger partial charge in [0.2, 0.25) is 5.91 Å². The lowest BCUT2D eigenvalue weighted by atomic mass is 9.97. The minimum atomic E-state index is -0.270. The number of aryl methyl sites for hydroxylation is 2. The molecule has 3 aromatic rings. The Morgan fingerprint density at radius 2 is 2.04 bits per heavy atom. The number of hydrogen-bond donors (Lipinski definition) is 2. The molecule has 7 heteroatoms. The van der Waals surface area contributed by atoms with E-state index in [1.54, 1.807) is 6.07 Å². The van der Waals surface area contributed by atoms with Gasteiger partial charge in [0.15, 0.2) is 0 Å². The van der Waals surface area contributed by atoms with E-state index in [9.17, 15) is 9.59 Å². The zero-order valence-corrected chi connectivity index (χ0v) is 16.2. The Balaban J connectivity index is 1.53. The molecular formula is C21H25N5O2. The molecule has 1 unspecified atom stereocenters. The number of benzene rings is 1. The normalized spacial score (nSPS) is 14.8. The summed E-state index contributed by atoms with van der Waals surface area (Å²) in [5.41, 5.74) is 3.54. The Morgan fingerprint density at radius 3 is 2.82 bits per heavy atom. The fourth-order valence-electron chi connectivity index (χ4n) is 3.74. The third kappa shape index (κ3) is 3.69. The number of hydrogen-bond acceptors (Lipinski definition) is 4. The van der Waals surface area contributed by atoms with Gasteiger partial charge in [-0.15, -0.1) is 0 Å². The van der Waals surface area contributed by atoms with Crippen LogP contribution in [0.25, 0.3) is 11.0 Å². The second-order valence-corrected chi connectivity index (χ2v) is 7.75.